The lowest BCUT2D eigenvalue weighted by molar-refractivity contribution is 0.0853. The third-order valence-corrected chi connectivity index (χ3v) is 9.88. The number of nitrogens with zero attached hydrogens (tertiary/aromatic N) is 4. The van der Waals surface area contributed by atoms with E-state index in [0.717, 1.165) is 42.9 Å². The summed E-state index contributed by atoms with van der Waals surface area (Å²) in [4.78, 5) is 19.6. The quantitative estimate of drug-likeness (QED) is 0.317. The molecule has 0 spiro atoms. The van der Waals surface area contributed by atoms with Crippen LogP contribution in [0.25, 0.3) is 22.8 Å². The van der Waals surface area contributed by atoms with E-state index in [0.29, 0.717) is 55.7 Å². The van der Waals surface area contributed by atoms with Gasteiger partial charge in [-0.3, -0.25) is 4.79 Å². The van der Waals surface area contributed by atoms with Gasteiger partial charge in [0.1, 0.15) is 9.84 Å². The summed E-state index contributed by atoms with van der Waals surface area (Å²) in [6.45, 7) is 3.38. The number of piperidine rings is 1. The molecule has 2 fully saturated rings. The van der Waals surface area contributed by atoms with Crippen LogP contribution >= 0.6 is 0 Å². The zero-order valence-electron chi connectivity index (χ0n) is 23.1. The number of hydrogen-bond donors (Lipinski definition) is 0. The summed E-state index contributed by atoms with van der Waals surface area (Å²) in [5.74, 6) is 1.37. The van der Waals surface area contributed by atoms with Crippen molar-refractivity contribution in [3.05, 3.63) is 88.3 Å². The second-order valence-electron chi connectivity index (χ2n) is 11.0. The molecule has 2 saturated heterocycles. The Hall–Kier alpha value is -3.76. The maximum absolute atomic E-state index is 12.7. The Morgan fingerprint density at radius 2 is 1.66 bits per heavy atom. The highest BCUT2D eigenvalue weighted by Crippen LogP contribution is 2.29. The van der Waals surface area contributed by atoms with Gasteiger partial charge in [0.25, 0.3) is 11.4 Å². The van der Waals surface area contributed by atoms with Crippen molar-refractivity contribution in [1.29, 1.82) is 0 Å². The minimum Gasteiger partial charge on any atom is -0.381 e. The molecule has 0 radical (unpaired) electrons. The molecule has 4 heterocycles. The molecule has 2 aromatic carbocycles. The number of aromatic nitrogens is 3. The summed E-state index contributed by atoms with van der Waals surface area (Å²) in [5, 5.41) is 3.91. The first kappa shape index (κ1) is 27.4. The Morgan fingerprint density at radius 3 is 2.39 bits per heavy atom. The number of anilines is 1. The van der Waals surface area contributed by atoms with Gasteiger partial charge in [-0.2, -0.15) is 4.98 Å². The van der Waals surface area contributed by atoms with Gasteiger partial charge in [-0.15, -0.1) is 0 Å². The zero-order chi connectivity index (χ0) is 28.4. The predicted octanol–water partition coefficient (Wildman–Crippen LogP) is 4.52. The van der Waals surface area contributed by atoms with Gasteiger partial charge in [0, 0.05) is 61.6 Å². The molecule has 10 heteroatoms. The van der Waals surface area contributed by atoms with Crippen molar-refractivity contribution in [3.8, 4) is 22.8 Å². The first-order chi connectivity index (χ1) is 19.8. The fourth-order valence-electron chi connectivity index (χ4n) is 5.76. The molecule has 0 amide bonds. The second kappa shape index (κ2) is 11.6. The van der Waals surface area contributed by atoms with Crippen LogP contribution in [0.4, 0.5) is 5.69 Å². The van der Waals surface area contributed by atoms with E-state index in [2.05, 4.69) is 33.2 Å². The minimum atomic E-state index is -3.02. The number of benzene rings is 2. The van der Waals surface area contributed by atoms with Crippen molar-refractivity contribution in [2.75, 3.05) is 37.5 Å². The summed E-state index contributed by atoms with van der Waals surface area (Å²) in [5.41, 5.74) is 4.73. The van der Waals surface area contributed by atoms with Gasteiger partial charge in [-0.1, -0.05) is 29.4 Å². The lowest BCUT2D eigenvalue weighted by Gasteiger charge is -2.33. The van der Waals surface area contributed by atoms with Gasteiger partial charge >= 0.3 is 0 Å². The van der Waals surface area contributed by atoms with Gasteiger partial charge in [0.05, 0.1) is 11.8 Å². The van der Waals surface area contributed by atoms with Crippen LogP contribution < -0.4 is 10.5 Å². The topological polar surface area (TPSA) is 108 Å². The fourth-order valence-corrected chi connectivity index (χ4v) is 6.83. The number of hydrogen-bond acceptors (Lipinski definition) is 8. The summed E-state index contributed by atoms with van der Waals surface area (Å²) in [6.07, 6.45) is 6.40. The van der Waals surface area contributed by atoms with Crippen LogP contribution in [0.1, 0.15) is 42.7 Å². The minimum absolute atomic E-state index is 0.125. The number of pyridine rings is 1. The molecular weight excluding hydrogens is 540 g/mol. The van der Waals surface area contributed by atoms with Gasteiger partial charge in [0.2, 0.25) is 5.82 Å². The average molecular weight is 575 g/mol. The standard InChI is InChI=1S/C31H34N4O5S/c1-41(37,38)28-11-15-34(16-12-28)27-4-2-3-22(19-27)20-35-21-26(9-10-29(35)36)30-32-31(40-33-30)25-7-5-23(6-8-25)24-13-17-39-18-14-24/h2-10,19,21,24,28H,11-18,20H2,1H3. The SMILES string of the molecule is CS(=O)(=O)C1CCN(c2cccc(Cn3cc(-c4noc(-c5ccc(C6CCOCC6)cc5)n4)ccc3=O)c2)CC1. The smallest absolute Gasteiger partial charge is 0.258 e. The Balaban J connectivity index is 1.16. The van der Waals surface area contributed by atoms with Crippen molar-refractivity contribution < 1.29 is 17.7 Å². The number of rotatable bonds is 7. The lowest BCUT2D eigenvalue weighted by Crippen LogP contribution is -2.39. The normalized spacial score (nSPS) is 17.1. The molecule has 41 heavy (non-hydrogen) atoms. The van der Waals surface area contributed by atoms with E-state index >= 15 is 0 Å². The van der Waals surface area contributed by atoms with Crippen molar-refractivity contribution in [1.82, 2.24) is 14.7 Å². The van der Waals surface area contributed by atoms with Crippen LogP contribution in [0, 0.1) is 0 Å². The fraction of sp³-hybridized carbons (Fsp3) is 0.387. The van der Waals surface area contributed by atoms with Gasteiger partial charge < -0.3 is 18.7 Å². The van der Waals surface area contributed by atoms with Crippen LogP contribution in [0.3, 0.4) is 0 Å². The second-order valence-corrected chi connectivity index (χ2v) is 13.3. The van der Waals surface area contributed by atoms with Crippen molar-refractivity contribution in [2.45, 2.75) is 43.4 Å². The molecule has 2 aliphatic heterocycles. The van der Waals surface area contributed by atoms with Crippen LogP contribution in [0.5, 0.6) is 0 Å². The summed E-state index contributed by atoms with van der Waals surface area (Å²) in [6, 6.07) is 19.6. The van der Waals surface area contributed by atoms with E-state index in [9.17, 15) is 13.2 Å². The Bertz CT molecular complexity index is 1670. The molecule has 0 bridgehead atoms. The monoisotopic (exact) mass is 574 g/mol. The van der Waals surface area contributed by atoms with Gasteiger partial charge in [-0.25, -0.2) is 8.42 Å². The van der Waals surface area contributed by atoms with Gasteiger partial charge in [0.15, 0.2) is 0 Å². The van der Waals surface area contributed by atoms with E-state index in [-0.39, 0.29) is 10.8 Å². The molecular formula is C31H34N4O5S. The molecule has 2 aromatic heterocycles. The molecule has 2 aliphatic rings. The highest BCUT2D eigenvalue weighted by atomic mass is 32.2. The Kier molecular flexibility index (Phi) is 7.77. The summed E-state index contributed by atoms with van der Waals surface area (Å²) in [7, 11) is -3.02. The average Bonchev–Trinajstić information content (AvgIpc) is 3.49. The summed E-state index contributed by atoms with van der Waals surface area (Å²) >= 11 is 0. The van der Waals surface area contributed by atoms with E-state index < -0.39 is 9.84 Å². The Labute approximate surface area is 239 Å². The molecule has 0 N–H and O–H groups in total. The van der Waals surface area contributed by atoms with E-state index in [1.54, 1.807) is 16.8 Å². The molecule has 0 saturated carbocycles. The van der Waals surface area contributed by atoms with Crippen LogP contribution in [-0.4, -0.2) is 60.9 Å². The highest BCUT2D eigenvalue weighted by Gasteiger charge is 2.26. The summed E-state index contributed by atoms with van der Waals surface area (Å²) < 4.78 is 36.5. The van der Waals surface area contributed by atoms with Gasteiger partial charge in [-0.05, 0) is 73.1 Å². The first-order valence-corrected chi connectivity index (χ1v) is 16.0. The number of ether oxygens (including phenoxy) is 1. The largest absolute Gasteiger partial charge is 0.381 e. The maximum Gasteiger partial charge on any atom is 0.258 e. The van der Waals surface area contributed by atoms with Crippen molar-refractivity contribution in [3.63, 3.8) is 0 Å². The highest BCUT2D eigenvalue weighted by molar-refractivity contribution is 7.91. The van der Waals surface area contributed by atoms with Crippen LogP contribution in [0.2, 0.25) is 0 Å². The molecule has 9 nitrogen and oxygen atoms in total. The third kappa shape index (κ3) is 6.28. The molecule has 4 aromatic rings. The van der Waals surface area contributed by atoms with Crippen molar-refractivity contribution in [2.24, 2.45) is 0 Å². The van der Waals surface area contributed by atoms with E-state index in [1.807, 2.05) is 30.3 Å². The van der Waals surface area contributed by atoms with Crippen molar-refractivity contribution >= 4 is 15.5 Å². The molecule has 0 atom stereocenters. The molecule has 0 aliphatic carbocycles. The molecule has 214 valence electrons. The molecule has 0 unspecified atom stereocenters. The van der Waals surface area contributed by atoms with Crippen LogP contribution in [-0.2, 0) is 21.1 Å². The number of sulfone groups is 1. The molecule has 6 rings (SSSR count). The Morgan fingerprint density at radius 1 is 0.927 bits per heavy atom. The third-order valence-electron chi connectivity index (χ3n) is 8.19. The van der Waals surface area contributed by atoms with E-state index in [1.165, 1.54) is 17.9 Å². The lowest BCUT2D eigenvalue weighted by atomic mass is 9.91. The van der Waals surface area contributed by atoms with Crippen LogP contribution in [0.15, 0.2) is 76.2 Å². The van der Waals surface area contributed by atoms with E-state index in [4.69, 9.17) is 9.26 Å². The first-order valence-electron chi connectivity index (χ1n) is 14.1. The zero-order valence-corrected chi connectivity index (χ0v) is 23.9. The maximum atomic E-state index is 12.7. The predicted molar refractivity (Wildman–Crippen MR) is 158 cm³/mol.